The fourth-order valence-corrected chi connectivity index (χ4v) is 4.61. The molecule has 2 N–H and O–H groups in total. The average molecular weight is 477 g/mol. The van der Waals surface area contributed by atoms with E-state index in [0.717, 1.165) is 10.2 Å². The Balaban J connectivity index is 1.65. The third-order valence-electron chi connectivity index (χ3n) is 4.49. The zero-order valence-electron chi connectivity index (χ0n) is 16.1. The van der Waals surface area contributed by atoms with Crippen LogP contribution in [0.5, 0.6) is 11.5 Å². The summed E-state index contributed by atoms with van der Waals surface area (Å²) in [6, 6.07) is 15.0. The van der Waals surface area contributed by atoms with Crippen LogP contribution in [-0.2, 0) is 0 Å². The van der Waals surface area contributed by atoms with E-state index in [4.69, 9.17) is 38.4 Å². The van der Waals surface area contributed by atoms with Gasteiger partial charge >= 0.3 is 6.09 Å². The number of benzene rings is 3. The van der Waals surface area contributed by atoms with Crippen LogP contribution in [0.2, 0.25) is 10.0 Å². The van der Waals surface area contributed by atoms with Crippen molar-refractivity contribution in [2.45, 2.75) is 13.0 Å². The predicted molar refractivity (Wildman–Crippen MR) is 121 cm³/mol. The van der Waals surface area contributed by atoms with Crippen LogP contribution in [0, 0.1) is 5.82 Å². The number of nitrogens with two attached hydrogens (primary N) is 1. The summed E-state index contributed by atoms with van der Waals surface area (Å²) in [6.07, 6.45) is -1.56. The minimum Gasteiger partial charge on any atom is -0.486 e. The Morgan fingerprint density at radius 2 is 1.94 bits per heavy atom. The third kappa shape index (κ3) is 4.44. The molecule has 0 radical (unpaired) electrons. The van der Waals surface area contributed by atoms with Gasteiger partial charge in [-0.2, -0.15) is 0 Å². The van der Waals surface area contributed by atoms with Gasteiger partial charge in [0.1, 0.15) is 28.4 Å². The van der Waals surface area contributed by atoms with Crippen LogP contribution in [0.1, 0.15) is 18.6 Å². The van der Waals surface area contributed by atoms with Crippen LogP contribution in [0.25, 0.3) is 20.8 Å². The SMILES string of the molecule is CC(Oc1ccc2nc(-c3ccccc3OC(N)=O)sc2c1)c1c(F)ccc(Cl)c1Cl. The molecule has 0 spiro atoms. The minimum atomic E-state index is -0.898. The van der Waals surface area contributed by atoms with Gasteiger partial charge < -0.3 is 15.2 Å². The first-order valence-corrected chi connectivity index (χ1v) is 10.7. The van der Waals surface area contributed by atoms with Gasteiger partial charge in [0.25, 0.3) is 0 Å². The van der Waals surface area contributed by atoms with Gasteiger partial charge in [-0.05, 0) is 49.4 Å². The summed E-state index contributed by atoms with van der Waals surface area (Å²) in [5, 5.41) is 1.04. The number of nitrogens with zero attached hydrogens (tertiary/aromatic N) is 1. The van der Waals surface area contributed by atoms with Crippen molar-refractivity contribution in [1.82, 2.24) is 4.98 Å². The Morgan fingerprint density at radius 3 is 2.71 bits per heavy atom. The topological polar surface area (TPSA) is 74.4 Å². The van der Waals surface area contributed by atoms with Gasteiger partial charge in [-0.15, -0.1) is 11.3 Å². The summed E-state index contributed by atoms with van der Waals surface area (Å²) < 4.78 is 26.1. The molecule has 1 heterocycles. The molecule has 3 aromatic carbocycles. The summed E-state index contributed by atoms with van der Waals surface area (Å²) in [4.78, 5) is 15.8. The van der Waals surface area contributed by atoms with Crippen molar-refractivity contribution >= 4 is 50.8 Å². The second-order valence-corrected chi connectivity index (χ2v) is 8.40. The Kier molecular flexibility index (Phi) is 6.00. The fourth-order valence-electron chi connectivity index (χ4n) is 3.11. The predicted octanol–water partition coefficient (Wildman–Crippen LogP) is 7.01. The fraction of sp³-hybridized carbons (Fsp3) is 0.0909. The number of amides is 1. The molecule has 4 aromatic rings. The second-order valence-electron chi connectivity index (χ2n) is 6.58. The molecule has 0 saturated heterocycles. The van der Waals surface area contributed by atoms with E-state index in [-0.39, 0.29) is 15.6 Å². The highest BCUT2D eigenvalue weighted by Gasteiger charge is 2.20. The average Bonchev–Trinajstić information content (AvgIpc) is 3.14. The van der Waals surface area contributed by atoms with Gasteiger partial charge in [-0.3, -0.25) is 0 Å². The first-order valence-electron chi connectivity index (χ1n) is 9.11. The number of carbonyl (C=O) groups is 1. The molecule has 1 aromatic heterocycles. The van der Waals surface area contributed by atoms with Crippen LogP contribution in [0.3, 0.4) is 0 Å². The molecule has 158 valence electrons. The van der Waals surface area contributed by atoms with Gasteiger partial charge in [0.2, 0.25) is 0 Å². The molecular formula is C22H15Cl2FN2O3S. The smallest absolute Gasteiger partial charge is 0.409 e. The lowest BCUT2D eigenvalue weighted by atomic mass is 10.1. The first-order chi connectivity index (χ1) is 14.8. The number of fused-ring (bicyclic) bond motifs is 1. The molecule has 0 fully saturated rings. The lowest BCUT2D eigenvalue weighted by Gasteiger charge is -2.17. The number of halogens is 3. The maximum Gasteiger partial charge on any atom is 0.409 e. The van der Waals surface area contributed by atoms with Crippen molar-refractivity contribution in [2.75, 3.05) is 0 Å². The molecule has 1 unspecified atom stereocenters. The van der Waals surface area contributed by atoms with Crippen LogP contribution < -0.4 is 15.2 Å². The Morgan fingerprint density at radius 1 is 1.16 bits per heavy atom. The minimum absolute atomic E-state index is 0.126. The van der Waals surface area contributed by atoms with Gasteiger partial charge in [0, 0.05) is 5.56 Å². The van der Waals surface area contributed by atoms with Crippen molar-refractivity contribution in [3.8, 4) is 22.1 Å². The number of primary amides is 1. The van der Waals surface area contributed by atoms with E-state index < -0.39 is 18.0 Å². The highest BCUT2D eigenvalue weighted by atomic mass is 35.5. The molecule has 9 heteroatoms. The standard InChI is InChI=1S/C22H15Cl2FN2O3S/c1-11(19-15(25)8-7-14(23)20(19)24)29-12-6-9-16-18(10-12)31-21(27-16)13-4-2-3-5-17(13)30-22(26)28/h2-11H,1H3,(H2,26,28). The number of rotatable bonds is 5. The third-order valence-corrected chi connectivity index (χ3v) is 6.36. The number of ether oxygens (including phenoxy) is 2. The molecule has 0 aliphatic carbocycles. The van der Waals surface area contributed by atoms with Crippen molar-refractivity contribution in [2.24, 2.45) is 5.73 Å². The number of hydrogen-bond donors (Lipinski definition) is 1. The summed E-state index contributed by atoms with van der Waals surface area (Å²) in [5.41, 5.74) is 6.73. The monoisotopic (exact) mass is 476 g/mol. The molecule has 0 bridgehead atoms. The van der Waals surface area contributed by atoms with Crippen molar-refractivity contribution in [3.05, 3.63) is 76.0 Å². The Labute approximate surface area is 191 Å². The summed E-state index contributed by atoms with van der Waals surface area (Å²) in [5.74, 6) is 0.353. The van der Waals surface area contributed by atoms with Crippen LogP contribution in [0.15, 0.2) is 54.6 Å². The summed E-state index contributed by atoms with van der Waals surface area (Å²) in [7, 11) is 0. The van der Waals surface area contributed by atoms with Crippen molar-refractivity contribution in [1.29, 1.82) is 0 Å². The maximum atomic E-state index is 14.3. The summed E-state index contributed by atoms with van der Waals surface area (Å²) >= 11 is 13.6. The molecule has 1 amide bonds. The molecule has 0 aliphatic heterocycles. The lowest BCUT2D eigenvalue weighted by molar-refractivity contribution is 0.211. The van der Waals surface area contributed by atoms with Gasteiger partial charge in [0.05, 0.1) is 25.8 Å². The summed E-state index contributed by atoms with van der Waals surface area (Å²) in [6.45, 7) is 1.69. The number of hydrogen-bond acceptors (Lipinski definition) is 5. The Bertz CT molecular complexity index is 1300. The quantitative estimate of drug-likeness (QED) is 0.314. The highest BCUT2D eigenvalue weighted by molar-refractivity contribution is 7.21. The maximum absolute atomic E-state index is 14.3. The first kappa shape index (κ1) is 21.4. The molecule has 0 aliphatic rings. The number of para-hydroxylation sites is 1. The van der Waals surface area contributed by atoms with E-state index in [1.54, 1.807) is 43.3 Å². The largest absolute Gasteiger partial charge is 0.486 e. The van der Waals surface area contributed by atoms with E-state index in [1.807, 2.05) is 6.07 Å². The molecule has 31 heavy (non-hydrogen) atoms. The zero-order chi connectivity index (χ0) is 22.1. The van der Waals surface area contributed by atoms with E-state index >= 15 is 0 Å². The molecule has 0 saturated carbocycles. The van der Waals surface area contributed by atoms with E-state index in [1.165, 1.54) is 23.5 Å². The van der Waals surface area contributed by atoms with E-state index in [0.29, 0.717) is 22.1 Å². The lowest BCUT2D eigenvalue weighted by Crippen LogP contribution is -2.16. The molecular weight excluding hydrogens is 462 g/mol. The molecule has 5 nitrogen and oxygen atoms in total. The normalized spacial score (nSPS) is 12.0. The number of carbonyl (C=O) groups excluding carboxylic acids is 1. The van der Waals surface area contributed by atoms with Gasteiger partial charge in [-0.1, -0.05) is 35.3 Å². The molecule has 4 rings (SSSR count). The van der Waals surface area contributed by atoms with E-state index in [9.17, 15) is 9.18 Å². The van der Waals surface area contributed by atoms with Gasteiger partial charge in [-0.25, -0.2) is 14.2 Å². The van der Waals surface area contributed by atoms with Crippen LogP contribution in [0.4, 0.5) is 9.18 Å². The van der Waals surface area contributed by atoms with Crippen LogP contribution >= 0.6 is 34.5 Å². The number of thiazole rings is 1. The number of aromatic nitrogens is 1. The van der Waals surface area contributed by atoms with Crippen LogP contribution in [-0.4, -0.2) is 11.1 Å². The highest BCUT2D eigenvalue weighted by Crippen LogP contribution is 2.38. The van der Waals surface area contributed by atoms with Gasteiger partial charge in [0.15, 0.2) is 0 Å². The van der Waals surface area contributed by atoms with Crippen molar-refractivity contribution < 1.29 is 18.7 Å². The van der Waals surface area contributed by atoms with E-state index in [2.05, 4.69) is 4.98 Å². The van der Waals surface area contributed by atoms with Crippen molar-refractivity contribution in [3.63, 3.8) is 0 Å². The molecule has 1 atom stereocenters. The second kappa shape index (κ2) is 8.70. The Hall–Kier alpha value is -2.87. The zero-order valence-corrected chi connectivity index (χ0v) is 18.4.